The molecule has 44 heavy (non-hydrogen) atoms. The van der Waals surface area contributed by atoms with Crippen molar-refractivity contribution in [2.75, 3.05) is 10.6 Å². The summed E-state index contributed by atoms with van der Waals surface area (Å²) >= 11 is 1.43. The molecule has 5 aromatic rings. The predicted octanol–water partition coefficient (Wildman–Crippen LogP) is 7.99. The fraction of sp³-hybridized carbons (Fsp3) is 0.108. The standard InChI is InChI=1S/C37H33N3O3S/c1-24-16-17-31(22-25(24)2)39-35(41)26(3)44-32-20-18-30(19-21-32)38-37(43)34(40-36(42)28-11-5-4-6-12-28)23-29-14-9-13-27-10-7-8-15-33(27)29/h4-23,26H,1-3H3,(H,38,43)(H,39,41)(H,40,42)/b34-23-. The molecule has 5 aromatic carbocycles. The van der Waals surface area contributed by atoms with Crippen LogP contribution in [0.1, 0.15) is 34.0 Å². The van der Waals surface area contributed by atoms with Crippen molar-refractivity contribution in [3.05, 3.63) is 143 Å². The van der Waals surface area contributed by atoms with E-state index >= 15 is 0 Å². The maximum absolute atomic E-state index is 13.5. The van der Waals surface area contributed by atoms with Gasteiger partial charge in [0, 0.05) is 21.8 Å². The molecule has 0 bridgehead atoms. The lowest BCUT2D eigenvalue weighted by Crippen LogP contribution is -2.30. The summed E-state index contributed by atoms with van der Waals surface area (Å²) in [6.45, 7) is 5.91. The minimum absolute atomic E-state index is 0.0898. The lowest BCUT2D eigenvalue weighted by molar-refractivity contribution is -0.115. The van der Waals surface area contributed by atoms with Crippen molar-refractivity contribution < 1.29 is 14.4 Å². The molecule has 220 valence electrons. The lowest BCUT2D eigenvalue weighted by atomic mass is 10.0. The largest absolute Gasteiger partial charge is 0.325 e. The Balaban J connectivity index is 1.30. The first kappa shape index (κ1) is 30.3. The number of thioether (sulfide) groups is 1. The Hall–Kier alpha value is -5.14. The first-order valence-electron chi connectivity index (χ1n) is 14.3. The Kier molecular flexibility index (Phi) is 9.57. The van der Waals surface area contributed by atoms with Crippen molar-refractivity contribution >= 4 is 57.7 Å². The zero-order valence-electron chi connectivity index (χ0n) is 24.8. The topological polar surface area (TPSA) is 87.3 Å². The summed E-state index contributed by atoms with van der Waals surface area (Å²) in [6.07, 6.45) is 1.69. The summed E-state index contributed by atoms with van der Waals surface area (Å²) in [5.41, 5.74) is 5.00. The number of amides is 3. The number of benzene rings is 5. The van der Waals surface area contributed by atoms with Crippen LogP contribution >= 0.6 is 11.8 Å². The molecule has 0 heterocycles. The molecular weight excluding hydrogens is 566 g/mol. The second-order valence-corrected chi connectivity index (χ2v) is 11.9. The van der Waals surface area contributed by atoms with Gasteiger partial charge in [0.1, 0.15) is 5.70 Å². The van der Waals surface area contributed by atoms with Gasteiger partial charge in [-0.1, -0.05) is 66.7 Å². The molecule has 1 atom stereocenters. The maximum atomic E-state index is 13.5. The van der Waals surface area contributed by atoms with Crippen LogP contribution in [0.3, 0.4) is 0 Å². The summed E-state index contributed by atoms with van der Waals surface area (Å²) in [7, 11) is 0. The van der Waals surface area contributed by atoms with Crippen LogP contribution in [0.2, 0.25) is 0 Å². The van der Waals surface area contributed by atoms with Gasteiger partial charge in [0.05, 0.1) is 5.25 Å². The van der Waals surface area contributed by atoms with Gasteiger partial charge in [-0.05, 0) is 103 Å². The van der Waals surface area contributed by atoms with E-state index in [1.807, 2.05) is 99.6 Å². The van der Waals surface area contributed by atoms with Crippen LogP contribution in [0.25, 0.3) is 16.8 Å². The number of rotatable bonds is 9. The molecule has 0 saturated carbocycles. The molecule has 1 unspecified atom stereocenters. The number of nitrogens with one attached hydrogen (secondary N) is 3. The molecule has 0 aliphatic carbocycles. The van der Waals surface area contributed by atoms with Gasteiger partial charge in [-0.25, -0.2) is 0 Å². The Bertz CT molecular complexity index is 1840. The highest BCUT2D eigenvalue weighted by Crippen LogP contribution is 2.27. The van der Waals surface area contributed by atoms with Gasteiger partial charge in [0.15, 0.2) is 0 Å². The van der Waals surface area contributed by atoms with E-state index in [1.165, 1.54) is 17.3 Å². The molecule has 6 nitrogen and oxygen atoms in total. The fourth-order valence-electron chi connectivity index (χ4n) is 4.61. The number of hydrogen-bond donors (Lipinski definition) is 3. The van der Waals surface area contributed by atoms with Crippen molar-refractivity contribution in [2.24, 2.45) is 0 Å². The molecule has 7 heteroatoms. The molecule has 0 spiro atoms. The monoisotopic (exact) mass is 599 g/mol. The number of carbonyl (C=O) groups excluding carboxylic acids is 3. The van der Waals surface area contributed by atoms with Crippen molar-refractivity contribution in [3.63, 3.8) is 0 Å². The zero-order chi connectivity index (χ0) is 31.1. The van der Waals surface area contributed by atoms with Crippen LogP contribution in [0.4, 0.5) is 11.4 Å². The van der Waals surface area contributed by atoms with Gasteiger partial charge in [-0.3, -0.25) is 14.4 Å². The number of anilines is 2. The maximum Gasteiger partial charge on any atom is 0.272 e. The number of carbonyl (C=O) groups is 3. The highest BCUT2D eigenvalue weighted by Gasteiger charge is 2.17. The molecule has 0 radical (unpaired) electrons. The van der Waals surface area contributed by atoms with E-state index in [-0.39, 0.29) is 22.8 Å². The number of fused-ring (bicyclic) bond motifs is 1. The number of aryl methyl sites for hydroxylation is 2. The third-order valence-corrected chi connectivity index (χ3v) is 8.33. The Morgan fingerprint density at radius 3 is 2.14 bits per heavy atom. The highest BCUT2D eigenvalue weighted by molar-refractivity contribution is 8.00. The summed E-state index contributed by atoms with van der Waals surface area (Å²) in [6, 6.07) is 35.6. The third kappa shape index (κ3) is 7.62. The predicted molar refractivity (Wildman–Crippen MR) is 181 cm³/mol. The highest BCUT2D eigenvalue weighted by atomic mass is 32.2. The zero-order valence-corrected chi connectivity index (χ0v) is 25.6. The fourth-order valence-corrected chi connectivity index (χ4v) is 5.48. The van der Waals surface area contributed by atoms with Crippen LogP contribution in [0.15, 0.2) is 126 Å². The lowest BCUT2D eigenvalue weighted by Gasteiger charge is -2.14. The van der Waals surface area contributed by atoms with E-state index in [4.69, 9.17) is 0 Å². The normalized spacial score (nSPS) is 11.9. The average molecular weight is 600 g/mol. The van der Waals surface area contributed by atoms with E-state index < -0.39 is 5.91 Å². The summed E-state index contributed by atoms with van der Waals surface area (Å²) < 4.78 is 0. The quantitative estimate of drug-likeness (QED) is 0.118. The van der Waals surface area contributed by atoms with Gasteiger partial charge in [-0.15, -0.1) is 11.8 Å². The van der Waals surface area contributed by atoms with Crippen molar-refractivity contribution in [1.82, 2.24) is 5.32 Å². The summed E-state index contributed by atoms with van der Waals surface area (Å²) in [5.74, 6) is -0.927. The first-order chi connectivity index (χ1) is 21.3. The van der Waals surface area contributed by atoms with Gasteiger partial charge in [0.25, 0.3) is 11.8 Å². The molecular formula is C37H33N3O3S. The van der Waals surface area contributed by atoms with E-state index in [0.717, 1.165) is 32.5 Å². The van der Waals surface area contributed by atoms with Crippen LogP contribution in [0, 0.1) is 13.8 Å². The Morgan fingerprint density at radius 2 is 1.39 bits per heavy atom. The molecule has 0 aliphatic rings. The molecule has 0 aromatic heterocycles. The van der Waals surface area contributed by atoms with Crippen molar-refractivity contribution in [3.8, 4) is 0 Å². The molecule has 0 saturated heterocycles. The van der Waals surface area contributed by atoms with Crippen LogP contribution < -0.4 is 16.0 Å². The second-order valence-electron chi connectivity index (χ2n) is 10.5. The molecule has 3 N–H and O–H groups in total. The second kappa shape index (κ2) is 13.9. The van der Waals surface area contributed by atoms with E-state index in [2.05, 4.69) is 16.0 Å². The Labute approximate surface area is 261 Å². The number of hydrogen-bond acceptors (Lipinski definition) is 4. The third-order valence-electron chi connectivity index (χ3n) is 7.22. The molecule has 3 amide bonds. The van der Waals surface area contributed by atoms with Crippen molar-refractivity contribution in [1.29, 1.82) is 0 Å². The minimum atomic E-state index is -0.455. The smallest absolute Gasteiger partial charge is 0.272 e. The minimum Gasteiger partial charge on any atom is -0.325 e. The van der Waals surface area contributed by atoms with Crippen LogP contribution in [-0.4, -0.2) is 23.0 Å². The van der Waals surface area contributed by atoms with Crippen LogP contribution in [-0.2, 0) is 9.59 Å². The van der Waals surface area contributed by atoms with Gasteiger partial charge in [-0.2, -0.15) is 0 Å². The average Bonchev–Trinajstić information content (AvgIpc) is 3.04. The molecule has 0 aliphatic heterocycles. The SMILES string of the molecule is Cc1ccc(NC(=O)C(C)Sc2ccc(NC(=O)/C(=C/c3cccc4ccccc34)NC(=O)c3ccccc3)cc2)cc1C. The summed E-state index contributed by atoms with van der Waals surface area (Å²) in [5, 5.41) is 10.3. The van der Waals surface area contributed by atoms with Gasteiger partial charge < -0.3 is 16.0 Å². The van der Waals surface area contributed by atoms with Crippen LogP contribution in [0.5, 0.6) is 0 Å². The van der Waals surface area contributed by atoms with E-state index in [1.54, 1.807) is 42.5 Å². The van der Waals surface area contributed by atoms with E-state index in [9.17, 15) is 14.4 Å². The molecule has 0 fully saturated rings. The first-order valence-corrected chi connectivity index (χ1v) is 15.2. The Morgan fingerprint density at radius 1 is 0.705 bits per heavy atom. The summed E-state index contributed by atoms with van der Waals surface area (Å²) in [4.78, 5) is 40.3. The molecule has 5 rings (SSSR count). The van der Waals surface area contributed by atoms with Gasteiger partial charge >= 0.3 is 0 Å². The van der Waals surface area contributed by atoms with Gasteiger partial charge in [0.2, 0.25) is 5.91 Å². The van der Waals surface area contributed by atoms with E-state index in [0.29, 0.717) is 11.3 Å². The van der Waals surface area contributed by atoms with Crippen molar-refractivity contribution in [2.45, 2.75) is 30.9 Å².